The number of benzene rings is 1. The van der Waals surface area contributed by atoms with Gasteiger partial charge in [0.05, 0.1) is 11.8 Å². The predicted octanol–water partition coefficient (Wildman–Crippen LogP) is 2.56. The first-order valence-corrected chi connectivity index (χ1v) is 9.30. The molecule has 3 rings (SSSR count). The van der Waals surface area contributed by atoms with Crippen LogP contribution in [0.1, 0.15) is 37.7 Å². The normalized spacial score (nSPS) is 22.8. The first-order valence-electron chi connectivity index (χ1n) is 8.92. The van der Waals surface area contributed by atoms with Gasteiger partial charge in [0.15, 0.2) is 0 Å². The quantitative estimate of drug-likeness (QED) is 0.791. The van der Waals surface area contributed by atoms with Crippen LogP contribution in [0.5, 0.6) is 0 Å². The van der Waals surface area contributed by atoms with Crippen molar-refractivity contribution < 1.29 is 14.4 Å². The average Bonchev–Trinajstić information content (AvgIpc) is 2.86. The van der Waals surface area contributed by atoms with Crippen molar-refractivity contribution in [3.8, 4) is 0 Å². The molecule has 1 saturated heterocycles. The molecule has 3 amide bonds. The van der Waals surface area contributed by atoms with E-state index in [0.717, 1.165) is 31.2 Å². The van der Waals surface area contributed by atoms with Crippen molar-refractivity contribution in [2.75, 3.05) is 13.1 Å². The molecule has 1 aromatic carbocycles. The third-order valence-electron chi connectivity index (χ3n) is 5.14. The molecule has 1 aliphatic carbocycles. The Bertz CT molecular complexity index is 635. The van der Waals surface area contributed by atoms with Crippen molar-refractivity contribution >= 4 is 29.3 Å². The topological polar surface area (TPSA) is 66.5 Å². The lowest BCUT2D eigenvalue weighted by molar-refractivity contribution is -0.140. The van der Waals surface area contributed by atoms with Crippen molar-refractivity contribution in [1.29, 1.82) is 0 Å². The number of rotatable bonds is 6. The van der Waals surface area contributed by atoms with Crippen LogP contribution in [0.2, 0.25) is 5.02 Å². The van der Waals surface area contributed by atoms with E-state index in [1.165, 1.54) is 4.90 Å². The molecular formula is C19H23ClN2O3. The number of carbonyl (C=O) groups excluding carboxylic acids is 3. The molecule has 5 nitrogen and oxygen atoms in total. The van der Waals surface area contributed by atoms with E-state index in [1.807, 2.05) is 24.3 Å². The summed E-state index contributed by atoms with van der Waals surface area (Å²) in [7, 11) is 0. The molecule has 1 aliphatic heterocycles. The number of carbonyl (C=O) groups is 3. The molecule has 0 bridgehead atoms. The Labute approximate surface area is 152 Å². The smallest absolute Gasteiger partial charge is 0.233 e. The standard InChI is InChI=1S/C19H23ClN2O3/c20-14-7-5-13(6-8-14)9-11-21-17(23)10-12-22-18(24)15-3-1-2-4-16(15)19(22)25/h5-8,15-16H,1-4,9-12H2,(H,21,23)/t15-,16-/m0/s1. The molecule has 0 aromatic heterocycles. The number of fused-ring (bicyclic) bond motifs is 1. The van der Waals surface area contributed by atoms with Crippen LogP contribution < -0.4 is 5.32 Å². The number of halogens is 1. The van der Waals surface area contributed by atoms with Gasteiger partial charge in [-0.05, 0) is 37.0 Å². The Morgan fingerprint density at radius 2 is 1.68 bits per heavy atom. The SMILES string of the molecule is O=C(CCN1C(=O)[C@H]2CCCC[C@@H]2C1=O)NCCc1ccc(Cl)cc1. The van der Waals surface area contributed by atoms with E-state index in [4.69, 9.17) is 11.6 Å². The minimum absolute atomic E-state index is 0.0799. The van der Waals surface area contributed by atoms with Gasteiger partial charge in [-0.15, -0.1) is 0 Å². The summed E-state index contributed by atoms with van der Waals surface area (Å²) in [6.07, 6.45) is 4.52. The molecule has 2 fully saturated rings. The van der Waals surface area contributed by atoms with E-state index >= 15 is 0 Å². The van der Waals surface area contributed by atoms with Gasteiger partial charge in [-0.3, -0.25) is 19.3 Å². The Morgan fingerprint density at radius 1 is 1.08 bits per heavy atom. The van der Waals surface area contributed by atoms with Gasteiger partial charge in [-0.25, -0.2) is 0 Å². The zero-order valence-corrected chi connectivity index (χ0v) is 14.9. The number of hydrogen-bond acceptors (Lipinski definition) is 3. The molecule has 2 atom stereocenters. The minimum atomic E-state index is -0.144. The fourth-order valence-electron chi connectivity index (χ4n) is 3.75. The second-order valence-electron chi connectivity index (χ2n) is 6.80. The van der Waals surface area contributed by atoms with Crippen LogP contribution in [0.25, 0.3) is 0 Å². The second-order valence-corrected chi connectivity index (χ2v) is 7.24. The Kier molecular flexibility index (Phi) is 5.74. The predicted molar refractivity (Wildman–Crippen MR) is 95.0 cm³/mol. The first kappa shape index (κ1) is 17.9. The minimum Gasteiger partial charge on any atom is -0.356 e. The monoisotopic (exact) mass is 362 g/mol. The molecule has 2 aliphatic rings. The van der Waals surface area contributed by atoms with Crippen molar-refractivity contribution in [3.63, 3.8) is 0 Å². The maximum Gasteiger partial charge on any atom is 0.233 e. The molecule has 0 spiro atoms. The van der Waals surface area contributed by atoms with E-state index in [1.54, 1.807) is 0 Å². The number of imide groups is 1. The lowest BCUT2D eigenvalue weighted by atomic mass is 9.81. The molecule has 0 radical (unpaired) electrons. The highest BCUT2D eigenvalue weighted by atomic mass is 35.5. The molecule has 134 valence electrons. The number of amides is 3. The van der Waals surface area contributed by atoms with Crippen molar-refractivity contribution in [1.82, 2.24) is 10.2 Å². The zero-order valence-electron chi connectivity index (χ0n) is 14.2. The highest BCUT2D eigenvalue weighted by Crippen LogP contribution is 2.37. The van der Waals surface area contributed by atoms with E-state index in [2.05, 4.69) is 5.32 Å². The van der Waals surface area contributed by atoms with Crippen molar-refractivity contribution in [3.05, 3.63) is 34.9 Å². The molecular weight excluding hydrogens is 340 g/mol. The van der Waals surface area contributed by atoms with E-state index in [-0.39, 0.29) is 42.5 Å². The first-order chi connectivity index (χ1) is 12.1. The van der Waals surface area contributed by atoms with Crippen LogP contribution in [0.4, 0.5) is 0 Å². The molecule has 1 N–H and O–H groups in total. The number of nitrogens with one attached hydrogen (secondary N) is 1. The molecule has 0 unspecified atom stereocenters. The summed E-state index contributed by atoms with van der Waals surface area (Å²) in [6.45, 7) is 0.713. The van der Waals surface area contributed by atoms with E-state index in [0.29, 0.717) is 18.0 Å². The second kappa shape index (κ2) is 8.00. The lowest BCUT2D eigenvalue weighted by Gasteiger charge is -2.19. The number of likely N-dealkylation sites (tertiary alicyclic amines) is 1. The Hall–Kier alpha value is -1.88. The summed E-state index contributed by atoms with van der Waals surface area (Å²) in [5.74, 6) is -0.583. The van der Waals surface area contributed by atoms with Gasteiger partial charge in [-0.1, -0.05) is 36.6 Å². The Morgan fingerprint density at radius 3 is 2.28 bits per heavy atom. The molecule has 1 saturated carbocycles. The summed E-state index contributed by atoms with van der Waals surface area (Å²) >= 11 is 5.84. The molecule has 25 heavy (non-hydrogen) atoms. The summed E-state index contributed by atoms with van der Waals surface area (Å²) in [4.78, 5) is 38.0. The van der Waals surface area contributed by atoms with Crippen LogP contribution in [0.15, 0.2) is 24.3 Å². The maximum atomic E-state index is 12.4. The lowest BCUT2D eigenvalue weighted by Crippen LogP contribution is -2.35. The van der Waals surface area contributed by atoms with Crippen LogP contribution in [0, 0.1) is 11.8 Å². The number of nitrogens with zero attached hydrogens (tertiary/aromatic N) is 1. The summed E-state index contributed by atoms with van der Waals surface area (Å²) in [5, 5.41) is 3.53. The van der Waals surface area contributed by atoms with E-state index in [9.17, 15) is 14.4 Å². The van der Waals surface area contributed by atoms with Crippen LogP contribution in [-0.2, 0) is 20.8 Å². The summed E-state index contributed by atoms with van der Waals surface area (Å²) < 4.78 is 0. The Balaban J connectivity index is 1.42. The summed E-state index contributed by atoms with van der Waals surface area (Å²) in [6, 6.07) is 7.50. The fraction of sp³-hybridized carbons (Fsp3) is 0.526. The van der Waals surface area contributed by atoms with Gasteiger partial charge < -0.3 is 5.32 Å². The van der Waals surface area contributed by atoms with Gasteiger partial charge >= 0.3 is 0 Å². The molecule has 1 heterocycles. The highest BCUT2D eigenvalue weighted by Gasteiger charge is 2.47. The van der Waals surface area contributed by atoms with Gasteiger partial charge in [-0.2, -0.15) is 0 Å². The summed E-state index contributed by atoms with van der Waals surface area (Å²) in [5.41, 5.74) is 1.10. The van der Waals surface area contributed by atoms with Crippen LogP contribution in [-0.4, -0.2) is 35.7 Å². The third-order valence-corrected chi connectivity index (χ3v) is 5.40. The fourth-order valence-corrected chi connectivity index (χ4v) is 3.88. The van der Waals surface area contributed by atoms with Gasteiger partial charge in [0.25, 0.3) is 0 Å². The number of hydrogen-bond donors (Lipinski definition) is 1. The molecule has 1 aromatic rings. The highest BCUT2D eigenvalue weighted by molar-refractivity contribution is 6.30. The maximum absolute atomic E-state index is 12.4. The van der Waals surface area contributed by atoms with Crippen molar-refractivity contribution in [2.45, 2.75) is 38.5 Å². The van der Waals surface area contributed by atoms with Gasteiger partial charge in [0, 0.05) is 24.5 Å². The van der Waals surface area contributed by atoms with Crippen molar-refractivity contribution in [2.24, 2.45) is 11.8 Å². The van der Waals surface area contributed by atoms with Gasteiger partial charge in [0.1, 0.15) is 0 Å². The third kappa shape index (κ3) is 4.21. The van der Waals surface area contributed by atoms with Gasteiger partial charge in [0.2, 0.25) is 17.7 Å². The van der Waals surface area contributed by atoms with Crippen LogP contribution in [0.3, 0.4) is 0 Å². The largest absolute Gasteiger partial charge is 0.356 e. The van der Waals surface area contributed by atoms with Crippen LogP contribution >= 0.6 is 11.6 Å². The zero-order chi connectivity index (χ0) is 17.8. The molecule has 6 heteroatoms. The average molecular weight is 363 g/mol. The van der Waals surface area contributed by atoms with E-state index < -0.39 is 0 Å².